The Hall–Kier alpha value is -5.57. The Bertz CT molecular complexity index is 3640. The van der Waals surface area contributed by atoms with Gasteiger partial charge in [-0.25, -0.2) is 4.98 Å². The topological polar surface area (TPSA) is 50.9 Å². The summed E-state index contributed by atoms with van der Waals surface area (Å²) in [7, 11) is 0. The van der Waals surface area contributed by atoms with Gasteiger partial charge >= 0.3 is 0 Å². The molecule has 0 aliphatic rings. The van der Waals surface area contributed by atoms with E-state index in [2.05, 4.69) is 44.0 Å². The fraction of sp³-hybridized carbons (Fsp3) is 0.263. The Kier molecular flexibility index (Phi) is 7.51. The molecule has 8 aromatic rings. The number of pyridine rings is 1. The number of hydrogen-bond donors (Lipinski definition) is 1. The average molecular weight is 1010 g/mol. The molecular formula is C57H58N3OPt-. The predicted molar refractivity (Wildman–Crippen MR) is 257 cm³/mol. The van der Waals surface area contributed by atoms with Crippen LogP contribution in [0, 0.1) is 6.07 Å². The van der Waals surface area contributed by atoms with Crippen LogP contribution in [0.25, 0.3) is 72.7 Å². The van der Waals surface area contributed by atoms with Crippen LogP contribution in [-0.4, -0.2) is 19.6 Å². The molecule has 0 aliphatic carbocycles. The first-order valence-electron chi connectivity index (χ1n) is 28.6. The van der Waals surface area contributed by atoms with Gasteiger partial charge in [0.05, 0.1) is 26.2 Å². The van der Waals surface area contributed by atoms with Gasteiger partial charge in [0.1, 0.15) is 11.6 Å². The first-order valence-corrected chi connectivity index (χ1v) is 20.1. The van der Waals surface area contributed by atoms with Crippen LogP contribution >= 0.6 is 0 Å². The maximum Gasteiger partial charge on any atom is 0.148 e. The van der Waals surface area contributed by atoms with Gasteiger partial charge < -0.3 is 5.11 Å². The summed E-state index contributed by atoms with van der Waals surface area (Å²) in [6, 6.07) is 27.0. The van der Waals surface area contributed by atoms with Crippen LogP contribution in [0.2, 0.25) is 0 Å². The van der Waals surface area contributed by atoms with Crippen LogP contribution < -0.4 is 0 Å². The number of fused-ring (bicyclic) bond motifs is 1. The second kappa shape index (κ2) is 16.9. The molecule has 2 aromatic heterocycles. The molecule has 1 N–H and O–H groups in total. The molecule has 4 nitrogen and oxygen atoms in total. The van der Waals surface area contributed by atoms with Gasteiger partial charge in [-0.15, -0.1) is 29.3 Å². The van der Waals surface area contributed by atoms with E-state index >= 15 is 0 Å². The molecule has 0 fully saturated rings. The number of para-hydroxylation sites is 2. The molecule has 0 unspecified atom stereocenters. The number of aromatic nitrogens is 3. The molecule has 62 heavy (non-hydrogen) atoms. The third kappa shape index (κ3) is 8.73. The van der Waals surface area contributed by atoms with Gasteiger partial charge in [-0.3, -0.25) is 9.55 Å². The average Bonchev–Trinajstić information content (AvgIpc) is 3.73. The first kappa shape index (κ1) is 27.5. The van der Waals surface area contributed by atoms with Crippen molar-refractivity contribution in [3.8, 4) is 67.5 Å². The van der Waals surface area contributed by atoms with E-state index in [9.17, 15) is 7.85 Å². The van der Waals surface area contributed by atoms with E-state index in [4.69, 9.17) is 25.5 Å². The molecule has 0 radical (unpaired) electrons. The van der Waals surface area contributed by atoms with Crippen LogP contribution in [-0.2, 0) is 37.3 Å². The second-order valence-corrected chi connectivity index (χ2v) is 17.6. The molecule has 5 heteroatoms. The molecular weight excluding hydrogens is 938 g/mol. The van der Waals surface area contributed by atoms with Crippen molar-refractivity contribution in [3.63, 3.8) is 0 Å². The van der Waals surface area contributed by atoms with Gasteiger partial charge in [-0.1, -0.05) is 172 Å². The van der Waals surface area contributed by atoms with E-state index in [0.717, 1.165) is 22.3 Å². The maximum absolute atomic E-state index is 11.4. The second-order valence-electron chi connectivity index (χ2n) is 17.6. The van der Waals surface area contributed by atoms with E-state index in [1.54, 1.807) is 30.3 Å². The van der Waals surface area contributed by atoms with Crippen LogP contribution in [0.1, 0.15) is 127 Å². The third-order valence-corrected chi connectivity index (χ3v) is 10.8. The van der Waals surface area contributed by atoms with E-state index in [-0.39, 0.29) is 43.5 Å². The van der Waals surface area contributed by atoms with Crippen molar-refractivity contribution < 1.29 is 49.5 Å². The molecule has 0 atom stereocenters. The van der Waals surface area contributed by atoms with Crippen LogP contribution in [0.3, 0.4) is 0 Å². The zero-order chi connectivity index (χ0) is 57.9. The summed E-state index contributed by atoms with van der Waals surface area (Å²) >= 11 is 0. The minimum absolute atomic E-state index is 0. The Morgan fingerprint density at radius 3 is 2.03 bits per heavy atom. The van der Waals surface area contributed by atoms with Gasteiger partial charge in [-0.05, 0) is 97.5 Å². The number of imidazole rings is 1. The van der Waals surface area contributed by atoms with Crippen molar-refractivity contribution in [3.05, 3.63) is 168 Å². The van der Waals surface area contributed by atoms with Crippen LogP contribution in [0.4, 0.5) is 0 Å². The standard InChI is InChI=1S/C57H58N3O.Pt/c1-36(2)48-35-43(27-28-45(48)46-17-12-14-20-49(46)57(9,10)11)60-51-21-16-19-44(53(51)59-54(60)47-18-13-15-22-52(47)61)39-31-40(33-42(32-39)56(6,7)8)50-34-38(29-30-58-50)37-23-25-41(26-24-37)55(3,4)5;/h12-30,32-36,61H,1-11H3;/q-1;/i3D3,4D3,5D3,23D,24D,25D,26D,29D,30D,34D,36D;. The summed E-state index contributed by atoms with van der Waals surface area (Å²) < 4.78 is 149. The van der Waals surface area contributed by atoms with Crippen molar-refractivity contribution in [2.75, 3.05) is 0 Å². The number of phenolic OH excluding ortho intramolecular Hbond substituents is 1. The van der Waals surface area contributed by atoms with E-state index in [1.165, 1.54) is 0 Å². The van der Waals surface area contributed by atoms with Crippen LogP contribution in [0.15, 0.2) is 139 Å². The molecule has 0 amide bonds. The molecule has 0 aliphatic heterocycles. The largest absolute Gasteiger partial charge is 0.507 e. The van der Waals surface area contributed by atoms with E-state index in [0.29, 0.717) is 44.8 Å². The van der Waals surface area contributed by atoms with Crippen molar-refractivity contribution in [2.45, 2.75) is 98.1 Å². The minimum Gasteiger partial charge on any atom is -0.507 e. The SMILES string of the molecule is [2H]c1nc(-c2[c-]c(-c3cccc4c3nc(-c3ccccc3O)n4-c3ccc(-c4ccccc4C(C)(C)C)c(C([2H])(C)C)c3)cc(C(C)(C)C)c2)c([2H])c(-c2c([2H])c([2H])c(C(C([2H])([2H])[2H])(C([2H])([2H])[2H])C([2H])([2H])[2H])c([2H])c2[2H])c1[2H].[Pt]. The monoisotopic (exact) mass is 1010 g/mol. The Morgan fingerprint density at radius 1 is 0.677 bits per heavy atom. The molecule has 0 saturated carbocycles. The summed E-state index contributed by atoms with van der Waals surface area (Å²) in [6.45, 7) is 4.18. The number of aromatic hydroxyl groups is 1. The maximum atomic E-state index is 11.4. The summed E-state index contributed by atoms with van der Waals surface area (Å²) in [6.07, 6.45) is -0.758. The zero-order valence-electron chi connectivity index (χ0n) is 52.8. The van der Waals surface area contributed by atoms with E-state index < -0.39 is 96.4 Å². The molecule has 0 spiro atoms. The molecule has 2 heterocycles. The van der Waals surface area contributed by atoms with Crippen molar-refractivity contribution in [1.82, 2.24) is 14.5 Å². The molecule has 0 saturated heterocycles. The molecule has 318 valence electrons. The number of phenols is 1. The smallest absolute Gasteiger partial charge is 0.148 e. The molecule has 8 rings (SSSR count). The van der Waals surface area contributed by atoms with Crippen molar-refractivity contribution in [1.29, 1.82) is 0 Å². The molecule has 6 aromatic carbocycles. The van der Waals surface area contributed by atoms with Gasteiger partial charge in [0.2, 0.25) is 0 Å². The summed E-state index contributed by atoms with van der Waals surface area (Å²) in [5.41, 5.74) is -0.131. The summed E-state index contributed by atoms with van der Waals surface area (Å²) in [5.74, 6) is -0.740. The van der Waals surface area contributed by atoms with E-state index in [1.807, 2.05) is 93.8 Å². The van der Waals surface area contributed by atoms with Crippen molar-refractivity contribution >= 4 is 11.0 Å². The Labute approximate surface area is 407 Å². The third-order valence-electron chi connectivity index (χ3n) is 10.8. The minimum atomic E-state index is -3.93. The van der Waals surface area contributed by atoms with Crippen LogP contribution in [0.5, 0.6) is 5.75 Å². The van der Waals surface area contributed by atoms with Gasteiger partial charge in [-0.2, -0.15) is 0 Å². The number of rotatable bonds is 7. The fourth-order valence-corrected chi connectivity index (χ4v) is 7.58. The van der Waals surface area contributed by atoms with Crippen molar-refractivity contribution in [2.24, 2.45) is 0 Å². The van der Waals surface area contributed by atoms with Gasteiger partial charge in [0.15, 0.2) is 0 Å². The number of nitrogens with zero attached hydrogens (tertiary/aromatic N) is 3. The summed E-state index contributed by atoms with van der Waals surface area (Å²) in [5, 5.41) is 11.4. The fourth-order valence-electron chi connectivity index (χ4n) is 7.58. The number of benzene rings is 6. The Balaban J connectivity index is 0.00000903. The first-order chi connectivity index (χ1) is 35.9. The molecule has 0 bridgehead atoms. The zero-order valence-corrected chi connectivity index (χ0v) is 38.1. The Morgan fingerprint density at radius 2 is 1.35 bits per heavy atom. The normalized spacial score (nSPS) is 16.9. The van der Waals surface area contributed by atoms with Gasteiger partial charge in [0, 0.05) is 52.3 Å². The van der Waals surface area contributed by atoms with Gasteiger partial charge in [0.25, 0.3) is 0 Å². The summed E-state index contributed by atoms with van der Waals surface area (Å²) in [4.78, 5) is 9.61. The predicted octanol–water partition coefficient (Wildman–Crippen LogP) is 15.3. The number of hydrogen-bond acceptors (Lipinski definition) is 3. The quantitative estimate of drug-likeness (QED) is 0.162.